The zero-order valence-corrected chi connectivity index (χ0v) is 15.3. The Morgan fingerprint density at radius 2 is 1.93 bits per heavy atom. The second-order valence-electron chi connectivity index (χ2n) is 7.20. The van der Waals surface area contributed by atoms with E-state index >= 15 is 0 Å². The molecule has 4 rings (SSSR count). The number of nitrogens with zero attached hydrogens (tertiary/aromatic N) is 3. The first-order valence-electron chi connectivity index (χ1n) is 9.56. The van der Waals surface area contributed by atoms with Crippen molar-refractivity contribution in [2.75, 3.05) is 32.8 Å². The number of rotatable bonds is 4. The van der Waals surface area contributed by atoms with Crippen LogP contribution in [0.25, 0.3) is 0 Å². The fraction of sp³-hybridized carbons (Fsp3) is 0.429. The van der Waals surface area contributed by atoms with Crippen molar-refractivity contribution in [2.24, 2.45) is 0 Å². The molecule has 1 aromatic heterocycles. The molecule has 6 heteroatoms. The Kier molecular flexibility index (Phi) is 5.36. The van der Waals surface area contributed by atoms with E-state index in [9.17, 15) is 9.90 Å². The highest BCUT2D eigenvalue weighted by molar-refractivity contribution is 5.94. The number of likely N-dealkylation sites (tertiary alicyclic amines) is 1. The molecule has 0 spiro atoms. The van der Waals surface area contributed by atoms with Crippen LogP contribution in [0.15, 0.2) is 48.8 Å². The van der Waals surface area contributed by atoms with Crippen LogP contribution in [0.1, 0.15) is 34.8 Å². The molecule has 3 heterocycles. The average molecular weight is 367 g/mol. The maximum absolute atomic E-state index is 13.2. The van der Waals surface area contributed by atoms with Gasteiger partial charge in [0.25, 0.3) is 5.91 Å². The zero-order chi connectivity index (χ0) is 18.6. The molecule has 0 unspecified atom stereocenters. The number of amides is 1. The molecular formula is C21H25N3O3. The molecule has 142 valence electrons. The fourth-order valence-corrected chi connectivity index (χ4v) is 4.09. The molecule has 2 aromatic rings. The summed E-state index contributed by atoms with van der Waals surface area (Å²) in [5.74, 6) is -0.124. The minimum atomic E-state index is -0.157. The number of morpholine rings is 1. The predicted molar refractivity (Wildman–Crippen MR) is 102 cm³/mol. The van der Waals surface area contributed by atoms with Gasteiger partial charge in [-0.2, -0.15) is 0 Å². The van der Waals surface area contributed by atoms with Gasteiger partial charge in [-0.25, -0.2) is 0 Å². The number of ether oxygens (including phenoxy) is 1. The van der Waals surface area contributed by atoms with Crippen molar-refractivity contribution in [3.05, 3.63) is 59.9 Å². The highest BCUT2D eigenvalue weighted by Crippen LogP contribution is 2.32. The van der Waals surface area contributed by atoms with E-state index in [1.165, 1.54) is 31.3 Å². The maximum Gasteiger partial charge on any atom is 0.256 e. The molecule has 1 N–H and O–H groups in total. The van der Waals surface area contributed by atoms with E-state index in [-0.39, 0.29) is 23.8 Å². The highest BCUT2D eigenvalue weighted by Gasteiger charge is 2.38. The smallest absolute Gasteiger partial charge is 0.256 e. The Morgan fingerprint density at radius 3 is 2.67 bits per heavy atom. The Labute approximate surface area is 159 Å². The van der Waals surface area contributed by atoms with E-state index in [1.807, 2.05) is 23.1 Å². The summed E-state index contributed by atoms with van der Waals surface area (Å²) in [5, 5.41) is 9.72. The summed E-state index contributed by atoms with van der Waals surface area (Å²) in [5.41, 5.74) is 1.47. The van der Waals surface area contributed by atoms with E-state index < -0.39 is 0 Å². The van der Waals surface area contributed by atoms with E-state index in [4.69, 9.17) is 4.74 Å². The first-order valence-corrected chi connectivity index (χ1v) is 9.56. The normalized spacial score (nSPS) is 23.5. The van der Waals surface area contributed by atoms with Gasteiger partial charge in [-0.1, -0.05) is 30.3 Å². The molecule has 0 bridgehead atoms. The monoisotopic (exact) mass is 367 g/mol. The third-order valence-corrected chi connectivity index (χ3v) is 5.36. The van der Waals surface area contributed by atoms with Crippen LogP contribution in [-0.4, -0.2) is 64.7 Å². The average Bonchev–Trinajstić information content (AvgIpc) is 3.21. The lowest BCUT2D eigenvalue weighted by atomic mass is 9.96. The SMILES string of the molecule is O=C(c1cncc(O)c1)N1CCO[C@@H](CN2CCCC2)[C@@H]1c1ccccc1. The van der Waals surface area contributed by atoms with Gasteiger partial charge < -0.3 is 19.6 Å². The van der Waals surface area contributed by atoms with Crippen LogP contribution in [-0.2, 0) is 4.74 Å². The number of carbonyl (C=O) groups excluding carboxylic acids is 1. The van der Waals surface area contributed by atoms with Crippen LogP contribution in [0.4, 0.5) is 0 Å². The largest absolute Gasteiger partial charge is 0.506 e. The van der Waals surface area contributed by atoms with Gasteiger partial charge in [-0.15, -0.1) is 0 Å². The fourth-order valence-electron chi connectivity index (χ4n) is 4.09. The Bertz CT molecular complexity index is 777. The molecule has 2 fully saturated rings. The summed E-state index contributed by atoms with van der Waals surface area (Å²) in [7, 11) is 0. The third-order valence-electron chi connectivity index (χ3n) is 5.36. The van der Waals surface area contributed by atoms with Crippen molar-refractivity contribution in [3.8, 4) is 5.75 Å². The number of aromatic nitrogens is 1. The molecule has 2 saturated heterocycles. The van der Waals surface area contributed by atoms with E-state index in [0.717, 1.165) is 25.2 Å². The van der Waals surface area contributed by atoms with Crippen molar-refractivity contribution in [1.82, 2.24) is 14.8 Å². The minimum absolute atomic E-state index is 0.000938. The van der Waals surface area contributed by atoms with Gasteiger partial charge in [-0.3, -0.25) is 9.78 Å². The van der Waals surface area contributed by atoms with Gasteiger partial charge in [0.1, 0.15) is 5.75 Å². The second-order valence-corrected chi connectivity index (χ2v) is 7.20. The molecule has 0 saturated carbocycles. The van der Waals surface area contributed by atoms with Gasteiger partial charge in [0, 0.05) is 19.3 Å². The van der Waals surface area contributed by atoms with E-state index in [1.54, 1.807) is 0 Å². The summed E-state index contributed by atoms with van der Waals surface area (Å²) >= 11 is 0. The Morgan fingerprint density at radius 1 is 1.15 bits per heavy atom. The van der Waals surface area contributed by atoms with Crippen LogP contribution >= 0.6 is 0 Å². The first-order chi connectivity index (χ1) is 13.2. The standard InChI is InChI=1S/C21H25N3O3/c25-18-12-17(13-22-14-18)21(26)24-10-11-27-19(15-23-8-4-5-9-23)20(24)16-6-2-1-3-7-16/h1-3,6-7,12-14,19-20,25H,4-5,8-11,15H2/t19-,20-/m0/s1. The van der Waals surface area contributed by atoms with Crippen LogP contribution < -0.4 is 0 Å². The molecule has 1 aromatic carbocycles. The molecule has 27 heavy (non-hydrogen) atoms. The molecule has 0 aliphatic carbocycles. The van der Waals surface area contributed by atoms with E-state index in [2.05, 4.69) is 22.0 Å². The highest BCUT2D eigenvalue weighted by atomic mass is 16.5. The quantitative estimate of drug-likeness (QED) is 0.899. The van der Waals surface area contributed by atoms with Gasteiger partial charge >= 0.3 is 0 Å². The second kappa shape index (κ2) is 8.06. The number of hydrogen-bond acceptors (Lipinski definition) is 5. The van der Waals surface area contributed by atoms with Crippen molar-refractivity contribution in [1.29, 1.82) is 0 Å². The Balaban J connectivity index is 1.64. The van der Waals surface area contributed by atoms with Crippen molar-refractivity contribution in [2.45, 2.75) is 25.0 Å². The molecular weight excluding hydrogens is 342 g/mol. The number of pyridine rings is 1. The summed E-state index contributed by atoms with van der Waals surface area (Å²) in [6.07, 6.45) is 5.21. The minimum Gasteiger partial charge on any atom is -0.506 e. The summed E-state index contributed by atoms with van der Waals surface area (Å²) in [6, 6.07) is 11.4. The topological polar surface area (TPSA) is 65.9 Å². The van der Waals surface area contributed by atoms with Gasteiger partial charge in [0.15, 0.2) is 0 Å². The molecule has 2 atom stereocenters. The third kappa shape index (κ3) is 3.96. The van der Waals surface area contributed by atoms with E-state index in [0.29, 0.717) is 18.7 Å². The number of aromatic hydroxyl groups is 1. The summed E-state index contributed by atoms with van der Waals surface area (Å²) in [6.45, 7) is 4.03. The number of carbonyl (C=O) groups is 1. The van der Waals surface area contributed by atoms with Gasteiger partial charge in [-0.05, 0) is 37.6 Å². The lowest BCUT2D eigenvalue weighted by Gasteiger charge is -2.42. The van der Waals surface area contributed by atoms with Crippen LogP contribution in [0, 0.1) is 0 Å². The number of benzene rings is 1. The lowest BCUT2D eigenvalue weighted by Crippen LogP contribution is -2.51. The van der Waals surface area contributed by atoms with Crippen molar-refractivity contribution in [3.63, 3.8) is 0 Å². The Hall–Kier alpha value is -2.44. The number of hydrogen-bond donors (Lipinski definition) is 1. The molecule has 1 amide bonds. The zero-order valence-electron chi connectivity index (χ0n) is 15.3. The summed E-state index contributed by atoms with van der Waals surface area (Å²) < 4.78 is 6.15. The van der Waals surface area contributed by atoms with Gasteiger partial charge in [0.2, 0.25) is 0 Å². The molecule has 2 aliphatic rings. The molecule has 6 nitrogen and oxygen atoms in total. The molecule has 2 aliphatic heterocycles. The van der Waals surface area contributed by atoms with Gasteiger partial charge in [0.05, 0.1) is 30.5 Å². The molecule has 0 radical (unpaired) electrons. The lowest BCUT2D eigenvalue weighted by molar-refractivity contribution is -0.0707. The predicted octanol–water partition coefficient (Wildman–Crippen LogP) is 2.47. The van der Waals surface area contributed by atoms with Crippen LogP contribution in [0.5, 0.6) is 5.75 Å². The van der Waals surface area contributed by atoms with Crippen molar-refractivity contribution >= 4 is 5.91 Å². The first kappa shape index (κ1) is 17.9. The maximum atomic E-state index is 13.2. The van der Waals surface area contributed by atoms with Crippen LogP contribution in [0.3, 0.4) is 0 Å². The summed E-state index contributed by atoms with van der Waals surface area (Å²) in [4.78, 5) is 21.5. The van der Waals surface area contributed by atoms with Crippen molar-refractivity contribution < 1.29 is 14.6 Å². The van der Waals surface area contributed by atoms with Crippen LogP contribution in [0.2, 0.25) is 0 Å².